The molecule has 0 aliphatic carbocycles. The van der Waals surface area contributed by atoms with Gasteiger partial charge in [0.05, 0.1) is 5.56 Å². The van der Waals surface area contributed by atoms with Crippen molar-refractivity contribution in [1.82, 2.24) is 14.8 Å². The number of nitrogens with zero attached hydrogens (tertiary/aromatic N) is 4. The lowest BCUT2D eigenvalue weighted by Crippen LogP contribution is -2.55. The lowest BCUT2D eigenvalue weighted by atomic mass is 10.1. The monoisotopic (exact) mass is 332 g/mol. The van der Waals surface area contributed by atoms with Gasteiger partial charge in [-0.2, -0.15) is 0 Å². The molecule has 24 heavy (non-hydrogen) atoms. The quantitative estimate of drug-likeness (QED) is 0.887. The summed E-state index contributed by atoms with van der Waals surface area (Å²) in [7, 11) is 1.81. The highest BCUT2D eigenvalue weighted by Crippen LogP contribution is 2.23. The fourth-order valence-corrected chi connectivity index (χ4v) is 3.42. The first-order valence-electron chi connectivity index (χ1n) is 8.50. The summed E-state index contributed by atoms with van der Waals surface area (Å²) in [5.74, 6) is -0.238. The van der Waals surface area contributed by atoms with Crippen molar-refractivity contribution in [2.24, 2.45) is 0 Å². The smallest absolute Gasteiger partial charge is 0.322 e. The Labute approximate surface area is 141 Å². The summed E-state index contributed by atoms with van der Waals surface area (Å²) in [4.78, 5) is 34.4. The van der Waals surface area contributed by atoms with Crippen molar-refractivity contribution >= 4 is 17.7 Å². The van der Waals surface area contributed by atoms with Gasteiger partial charge >= 0.3 is 5.97 Å². The Hall–Kier alpha value is -2.15. The lowest BCUT2D eigenvalue weighted by Gasteiger charge is -2.38. The minimum absolute atomic E-state index is 0.00334. The number of piperazine rings is 1. The molecule has 130 valence electrons. The summed E-state index contributed by atoms with van der Waals surface area (Å²) in [6.07, 6.45) is 4.91. The first-order valence-corrected chi connectivity index (χ1v) is 8.50. The van der Waals surface area contributed by atoms with Crippen LogP contribution in [0, 0.1) is 0 Å². The number of carbonyl (C=O) groups is 2. The number of aliphatic carboxylic acids is 1. The summed E-state index contributed by atoms with van der Waals surface area (Å²) in [6, 6.07) is 2.98. The van der Waals surface area contributed by atoms with Gasteiger partial charge in [0.15, 0.2) is 0 Å². The lowest BCUT2D eigenvalue weighted by molar-refractivity contribution is -0.142. The minimum Gasteiger partial charge on any atom is -0.480 e. The summed E-state index contributed by atoms with van der Waals surface area (Å²) < 4.78 is 0. The fourth-order valence-electron chi connectivity index (χ4n) is 3.42. The average Bonchev–Trinajstić information content (AvgIpc) is 2.62. The summed E-state index contributed by atoms with van der Waals surface area (Å²) in [5, 5.41) is 9.39. The highest BCUT2D eigenvalue weighted by atomic mass is 16.4. The number of hydrogen-bond acceptors (Lipinski definition) is 5. The van der Waals surface area contributed by atoms with E-state index >= 15 is 0 Å². The van der Waals surface area contributed by atoms with E-state index in [1.54, 1.807) is 18.3 Å². The average molecular weight is 332 g/mol. The zero-order valence-electron chi connectivity index (χ0n) is 14.0. The second-order valence-electron chi connectivity index (χ2n) is 6.51. The maximum Gasteiger partial charge on any atom is 0.322 e. The van der Waals surface area contributed by atoms with Crippen LogP contribution in [0.2, 0.25) is 0 Å². The summed E-state index contributed by atoms with van der Waals surface area (Å²) >= 11 is 0. The maximum absolute atomic E-state index is 12.9. The van der Waals surface area contributed by atoms with Gasteiger partial charge in [0.25, 0.3) is 5.91 Å². The molecule has 3 rings (SSSR count). The van der Waals surface area contributed by atoms with Crippen LogP contribution in [0.1, 0.15) is 29.6 Å². The van der Waals surface area contributed by atoms with Gasteiger partial charge in [0.1, 0.15) is 11.9 Å². The van der Waals surface area contributed by atoms with Gasteiger partial charge in [-0.25, -0.2) is 4.98 Å². The fraction of sp³-hybridized carbons (Fsp3) is 0.588. The number of hydrogen-bond donors (Lipinski definition) is 1. The molecule has 2 saturated heterocycles. The molecular weight excluding hydrogens is 308 g/mol. The number of likely N-dealkylation sites (tertiary alicyclic amines) is 1. The van der Waals surface area contributed by atoms with E-state index in [0.29, 0.717) is 31.0 Å². The molecule has 0 radical (unpaired) electrons. The molecule has 1 atom stereocenters. The van der Waals surface area contributed by atoms with Gasteiger partial charge in [0, 0.05) is 38.9 Å². The molecule has 2 aliphatic rings. The van der Waals surface area contributed by atoms with Crippen LogP contribution in [-0.4, -0.2) is 77.6 Å². The van der Waals surface area contributed by atoms with Gasteiger partial charge < -0.3 is 14.9 Å². The third-order valence-corrected chi connectivity index (χ3v) is 4.89. The van der Waals surface area contributed by atoms with Crippen molar-refractivity contribution in [2.45, 2.75) is 25.3 Å². The molecule has 0 spiro atoms. The summed E-state index contributed by atoms with van der Waals surface area (Å²) in [5.41, 5.74) is 0.577. The van der Waals surface area contributed by atoms with E-state index in [9.17, 15) is 14.7 Å². The Morgan fingerprint density at radius 2 is 1.92 bits per heavy atom. The van der Waals surface area contributed by atoms with Gasteiger partial charge in [-0.1, -0.05) is 0 Å². The van der Waals surface area contributed by atoms with E-state index in [2.05, 4.69) is 4.98 Å². The van der Waals surface area contributed by atoms with Crippen LogP contribution in [0.3, 0.4) is 0 Å². The molecule has 2 aliphatic heterocycles. The van der Waals surface area contributed by atoms with Crippen molar-refractivity contribution in [3.8, 4) is 0 Å². The van der Waals surface area contributed by atoms with Crippen LogP contribution in [-0.2, 0) is 4.79 Å². The van der Waals surface area contributed by atoms with Crippen molar-refractivity contribution < 1.29 is 14.7 Å². The minimum atomic E-state index is -0.845. The number of aromatic nitrogens is 1. The van der Waals surface area contributed by atoms with Crippen LogP contribution in [0.5, 0.6) is 0 Å². The Morgan fingerprint density at radius 1 is 1.17 bits per heavy atom. The summed E-state index contributed by atoms with van der Waals surface area (Å²) in [6.45, 7) is 3.20. The van der Waals surface area contributed by atoms with Crippen LogP contribution in [0.4, 0.5) is 5.82 Å². The van der Waals surface area contributed by atoms with Crippen LogP contribution in [0.25, 0.3) is 0 Å². The van der Waals surface area contributed by atoms with E-state index in [0.717, 1.165) is 25.9 Å². The molecule has 0 aromatic carbocycles. The van der Waals surface area contributed by atoms with Gasteiger partial charge in [-0.15, -0.1) is 0 Å². The Balaban J connectivity index is 1.83. The topological polar surface area (TPSA) is 77.0 Å². The molecule has 0 saturated carbocycles. The molecule has 1 unspecified atom stereocenters. The number of carbonyl (C=O) groups excluding carboxylic acids is 1. The predicted molar refractivity (Wildman–Crippen MR) is 90.3 cm³/mol. The van der Waals surface area contributed by atoms with E-state index in [1.165, 1.54) is 6.42 Å². The van der Waals surface area contributed by atoms with E-state index < -0.39 is 12.0 Å². The molecule has 1 N–H and O–H groups in total. The van der Waals surface area contributed by atoms with Crippen molar-refractivity contribution in [1.29, 1.82) is 0 Å². The van der Waals surface area contributed by atoms with Gasteiger partial charge in [-0.3, -0.25) is 14.5 Å². The highest BCUT2D eigenvalue weighted by Gasteiger charge is 2.32. The highest BCUT2D eigenvalue weighted by molar-refractivity contribution is 5.99. The number of carboxylic acid groups (broad SMARTS) is 1. The zero-order chi connectivity index (χ0) is 17.1. The largest absolute Gasteiger partial charge is 0.480 e. The third kappa shape index (κ3) is 3.36. The number of amides is 1. The SMILES string of the molecule is CN1CCN(c2ncccc2C(=O)N2CCCCC2)CC1C(=O)O. The van der Waals surface area contributed by atoms with Gasteiger partial charge in [0.2, 0.25) is 0 Å². The second-order valence-corrected chi connectivity index (χ2v) is 6.51. The Morgan fingerprint density at radius 3 is 2.62 bits per heavy atom. The number of likely N-dealkylation sites (N-methyl/N-ethyl adjacent to an activating group) is 1. The number of carboxylic acids is 1. The number of anilines is 1. The van der Waals surface area contributed by atoms with E-state index in [-0.39, 0.29) is 5.91 Å². The van der Waals surface area contributed by atoms with Crippen LogP contribution < -0.4 is 4.90 Å². The van der Waals surface area contributed by atoms with Crippen molar-refractivity contribution in [3.05, 3.63) is 23.9 Å². The zero-order valence-corrected chi connectivity index (χ0v) is 14.0. The first kappa shape index (κ1) is 16.7. The Bertz CT molecular complexity index is 616. The van der Waals surface area contributed by atoms with Crippen LogP contribution >= 0.6 is 0 Å². The molecule has 1 aromatic heterocycles. The second kappa shape index (κ2) is 7.17. The standard InChI is InChI=1S/C17H24N4O3/c1-19-10-11-21(12-14(19)17(23)24)15-13(6-5-7-18-15)16(22)20-8-3-2-4-9-20/h5-7,14H,2-4,8-12H2,1H3,(H,23,24). The number of pyridine rings is 1. The van der Waals surface area contributed by atoms with Crippen molar-refractivity contribution in [2.75, 3.05) is 44.7 Å². The Kier molecular flexibility index (Phi) is 4.99. The van der Waals surface area contributed by atoms with Crippen molar-refractivity contribution in [3.63, 3.8) is 0 Å². The molecule has 1 aromatic rings. The van der Waals surface area contributed by atoms with Gasteiger partial charge in [-0.05, 0) is 38.4 Å². The number of rotatable bonds is 3. The first-order chi connectivity index (χ1) is 11.6. The maximum atomic E-state index is 12.9. The third-order valence-electron chi connectivity index (χ3n) is 4.89. The van der Waals surface area contributed by atoms with E-state index in [4.69, 9.17) is 0 Å². The molecular formula is C17H24N4O3. The molecule has 0 bridgehead atoms. The molecule has 1 amide bonds. The molecule has 2 fully saturated rings. The number of piperidine rings is 1. The molecule has 3 heterocycles. The molecule has 7 nitrogen and oxygen atoms in total. The molecule has 7 heteroatoms. The predicted octanol–water partition coefficient (Wildman–Crippen LogP) is 0.913. The van der Waals surface area contributed by atoms with E-state index in [1.807, 2.05) is 21.7 Å². The normalized spacial score (nSPS) is 22.5. The van der Waals surface area contributed by atoms with Crippen LogP contribution in [0.15, 0.2) is 18.3 Å².